The number of anilines is 1. The molecule has 1 aliphatic rings. The summed E-state index contributed by atoms with van der Waals surface area (Å²) < 4.78 is 0.318. The molecule has 1 saturated carbocycles. The third kappa shape index (κ3) is 5.20. The standard InChI is InChI=1S/C16H23ClN2OS/c1-21-16(9-3-2-4-10-16)12-18-11-15(20)19-14-7-5-13(17)6-8-14/h5-8,18H,2-4,9-12H2,1H3,(H,19,20). The molecule has 0 spiro atoms. The smallest absolute Gasteiger partial charge is 0.238 e. The second-order valence-electron chi connectivity index (χ2n) is 5.61. The van der Waals surface area contributed by atoms with Gasteiger partial charge in [-0.15, -0.1) is 0 Å². The number of hydrogen-bond donors (Lipinski definition) is 2. The van der Waals surface area contributed by atoms with Crippen molar-refractivity contribution in [2.75, 3.05) is 24.7 Å². The van der Waals surface area contributed by atoms with Gasteiger partial charge >= 0.3 is 0 Å². The Balaban J connectivity index is 1.74. The zero-order valence-corrected chi connectivity index (χ0v) is 14.0. The number of nitrogens with one attached hydrogen (secondary N) is 2. The SMILES string of the molecule is CSC1(CNCC(=O)Nc2ccc(Cl)cc2)CCCCC1. The Bertz CT molecular complexity index is 458. The van der Waals surface area contributed by atoms with Gasteiger partial charge in [0.15, 0.2) is 0 Å². The lowest BCUT2D eigenvalue weighted by Crippen LogP contribution is -2.42. The fraction of sp³-hybridized carbons (Fsp3) is 0.562. The molecule has 116 valence electrons. The van der Waals surface area contributed by atoms with Gasteiger partial charge in [-0.2, -0.15) is 11.8 Å². The van der Waals surface area contributed by atoms with E-state index in [1.54, 1.807) is 12.1 Å². The predicted octanol–water partition coefficient (Wildman–Crippen LogP) is 3.93. The van der Waals surface area contributed by atoms with E-state index in [0.29, 0.717) is 16.3 Å². The molecular formula is C16H23ClN2OS. The van der Waals surface area contributed by atoms with Gasteiger partial charge in [0.1, 0.15) is 0 Å². The van der Waals surface area contributed by atoms with Crippen LogP contribution in [0.2, 0.25) is 5.02 Å². The van der Waals surface area contributed by atoms with Crippen LogP contribution in [0.3, 0.4) is 0 Å². The molecule has 1 amide bonds. The van der Waals surface area contributed by atoms with Gasteiger partial charge in [-0.05, 0) is 43.4 Å². The van der Waals surface area contributed by atoms with Crippen LogP contribution in [0.1, 0.15) is 32.1 Å². The Morgan fingerprint density at radius 1 is 1.24 bits per heavy atom. The Kier molecular flexibility index (Phi) is 6.40. The summed E-state index contributed by atoms with van der Waals surface area (Å²) in [6.07, 6.45) is 8.64. The number of amides is 1. The predicted molar refractivity (Wildman–Crippen MR) is 92.3 cm³/mol. The second-order valence-corrected chi connectivity index (χ2v) is 7.32. The van der Waals surface area contributed by atoms with Crippen LogP contribution in [0, 0.1) is 0 Å². The second kappa shape index (κ2) is 8.06. The zero-order valence-electron chi connectivity index (χ0n) is 12.5. The number of carbonyl (C=O) groups excluding carboxylic acids is 1. The first-order valence-electron chi connectivity index (χ1n) is 7.45. The molecule has 0 saturated heterocycles. The molecule has 0 atom stereocenters. The lowest BCUT2D eigenvalue weighted by Gasteiger charge is -2.36. The van der Waals surface area contributed by atoms with Crippen molar-refractivity contribution >= 4 is 35.0 Å². The highest BCUT2D eigenvalue weighted by molar-refractivity contribution is 8.00. The van der Waals surface area contributed by atoms with E-state index in [2.05, 4.69) is 16.9 Å². The van der Waals surface area contributed by atoms with Crippen LogP contribution in [0.15, 0.2) is 24.3 Å². The lowest BCUT2D eigenvalue weighted by atomic mass is 9.88. The van der Waals surface area contributed by atoms with Crippen LogP contribution in [-0.2, 0) is 4.79 Å². The molecule has 0 radical (unpaired) electrons. The van der Waals surface area contributed by atoms with Crippen molar-refractivity contribution in [3.8, 4) is 0 Å². The van der Waals surface area contributed by atoms with E-state index < -0.39 is 0 Å². The summed E-state index contributed by atoms with van der Waals surface area (Å²) in [6.45, 7) is 1.26. The number of benzene rings is 1. The average molecular weight is 327 g/mol. The minimum Gasteiger partial charge on any atom is -0.325 e. The fourth-order valence-corrected chi connectivity index (χ4v) is 3.86. The van der Waals surface area contributed by atoms with Crippen molar-refractivity contribution in [3.63, 3.8) is 0 Å². The van der Waals surface area contributed by atoms with E-state index in [1.165, 1.54) is 32.1 Å². The van der Waals surface area contributed by atoms with Crippen LogP contribution >= 0.6 is 23.4 Å². The highest BCUT2D eigenvalue weighted by Crippen LogP contribution is 2.37. The number of hydrogen-bond acceptors (Lipinski definition) is 3. The van der Waals surface area contributed by atoms with Crippen molar-refractivity contribution < 1.29 is 4.79 Å². The summed E-state index contributed by atoms with van der Waals surface area (Å²) in [6, 6.07) is 7.17. The topological polar surface area (TPSA) is 41.1 Å². The number of halogens is 1. The fourth-order valence-electron chi connectivity index (χ4n) is 2.79. The minimum atomic E-state index is -0.00983. The van der Waals surface area contributed by atoms with Gasteiger partial charge in [-0.3, -0.25) is 4.79 Å². The molecule has 5 heteroatoms. The van der Waals surface area contributed by atoms with Gasteiger partial charge in [-0.25, -0.2) is 0 Å². The van der Waals surface area contributed by atoms with Crippen molar-refractivity contribution in [3.05, 3.63) is 29.3 Å². The van der Waals surface area contributed by atoms with Gasteiger partial charge in [-0.1, -0.05) is 30.9 Å². The highest BCUT2D eigenvalue weighted by Gasteiger charge is 2.30. The van der Waals surface area contributed by atoms with Crippen molar-refractivity contribution in [2.24, 2.45) is 0 Å². The molecule has 1 fully saturated rings. The van der Waals surface area contributed by atoms with Crippen molar-refractivity contribution in [2.45, 2.75) is 36.9 Å². The Morgan fingerprint density at radius 3 is 2.52 bits per heavy atom. The van der Waals surface area contributed by atoms with Crippen molar-refractivity contribution in [1.82, 2.24) is 5.32 Å². The quantitative estimate of drug-likeness (QED) is 0.832. The molecule has 1 aromatic rings. The van der Waals surface area contributed by atoms with Crippen LogP contribution in [-0.4, -0.2) is 30.0 Å². The van der Waals surface area contributed by atoms with Gasteiger partial charge in [0, 0.05) is 22.0 Å². The average Bonchev–Trinajstić information content (AvgIpc) is 2.50. The van der Waals surface area contributed by atoms with Crippen LogP contribution in [0.4, 0.5) is 5.69 Å². The maximum atomic E-state index is 11.9. The molecule has 0 unspecified atom stereocenters. The van der Waals surface area contributed by atoms with Gasteiger partial charge in [0.05, 0.1) is 6.54 Å². The van der Waals surface area contributed by atoms with Gasteiger partial charge in [0.25, 0.3) is 0 Å². The largest absolute Gasteiger partial charge is 0.325 e. The highest BCUT2D eigenvalue weighted by atomic mass is 35.5. The maximum absolute atomic E-state index is 11.9. The first-order valence-corrected chi connectivity index (χ1v) is 9.05. The van der Waals surface area contributed by atoms with Crippen LogP contribution in [0.5, 0.6) is 0 Å². The van der Waals surface area contributed by atoms with E-state index in [4.69, 9.17) is 11.6 Å². The summed E-state index contributed by atoms with van der Waals surface area (Å²) in [7, 11) is 0. The molecule has 2 rings (SSSR count). The summed E-state index contributed by atoms with van der Waals surface area (Å²) in [5.74, 6) is -0.00983. The molecule has 0 bridgehead atoms. The molecular weight excluding hydrogens is 304 g/mol. The minimum absolute atomic E-state index is 0.00983. The summed E-state index contributed by atoms with van der Waals surface area (Å²) >= 11 is 7.76. The zero-order chi connectivity index (χ0) is 15.1. The summed E-state index contributed by atoms with van der Waals surface area (Å²) in [4.78, 5) is 11.9. The monoisotopic (exact) mass is 326 g/mol. The molecule has 21 heavy (non-hydrogen) atoms. The van der Waals surface area contributed by atoms with Crippen LogP contribution < -0.4 is 10.6 Å². The third-order valence-corrected chi connectivity index (χ3v) is 5.73. The van der Waals surface area contributed by atoms with E-state index in [0.717, 1.165) is 12.2 Å². The normalized spacial score (nSPS) is 17.4. The van der Waals surface area contributed by atoms with Gasteiger partial charge in [0.2, 0.25) is 5.91 Å². The van der Waals surface area contributed by atoms with Gasteiger partial charge < -0.3 is 10.6 Å². The Labute approximate surface area is 136 Å². The maximum Gasteiger partial charge on any atom is 0.238 e. The molecule has 0 aromatic heterocycles. The third-order valence-electron chi connectivity index (χ3n) is 4.06. The Hall–Kier alpha value is -0.710. The molecule has 0 aliphatic heterocycles. The summed E-state index contributed by atoms with van der Waals surface area (Å²) in [5, 5.41) is 6.86. The first-order chi connectivity index (χ1) is 10.1. The molecule has 1 aromatic carbocycles. The Morgan fingerprint density at radius 2 is 1.90 bits per heavy atom. The molecule has 0 heterocycles. The van der Waals surface area contributed by atoms with E-state index in [9.17, 15) is 4.79 Å². The first kappa shape index (κ1) is 16.7. The summed E-state index contributed by atoms with van der Waals surface area (Å²) in [5.41, 5.74) is 0.781. The van der Waals surface area contributed by atoms with Crippen LogP contribution in [0.25, 0.3) is 0 Å². The number of carbonyl (C=O) groups is 1. The number of rotatable bonds is 6. The molecule has 3 nitrogen and oxygen atoms in total. The van der Waals surface area contributed by atoms with Crippen molar-refractivity contribution in [1.29, 1.82) is 0 Å². The number of thioether (sulfide) groups is 1. The molecule has 1 aliphatic carbocycles. The lowest BCUT2D eigenvalue weighted by molar-refractivity contribution is -0.115. The van der Waals surface area contributed by atoms with E-state index in [-0.39, 0.29) is 5.91 Å². The van der Waals surface area contributed by atoms with E-state index >= 15 is 0 Å². The molecule has 2 N–H and O–H groups in total. The van der Waals surface area contributed by atoms with E-state index in [1.807, 2.05) is 23.9 Å².